The van der Waals surface area contributed by atoms with Gasteiger partial charge in [0.15, 0.2) is 0 Å². The van der Waals surface area contributed by atoms with Gasteiger partial charge >= 0.3 is 0 Å². The number of aliphatic hydroxyl groups excluding tert-OH is 4. The summed E-state index contributed by atoms with van der Waals surface area (Å²) in [6.45, 7) is 8.31. The maximum atomic E-state index is 10.4. The van der Waals surface area contributed by atoms with E-state index in [1.165, 1.54) is 0 Å². The molecule has 2 saturated heterocycles. The van der Waals surface area contributed by atoms with Crippen LogP contribution in [-0.2, 0) is 37.9 Å². The minimum absolute atomic E-state index is 0.117. The van der Waals surface area contributed by atoms with Gasteiger partial charge in [-0.05, 0) is 109 Å². The van der Waals surface area contributed by atoms with E-state index in [1.54, 1.807) is 0 Å². The number of hydrogen-bond acceptors (Lipinski definition) is 16. The summed E-state index contributed by atoms with van der Waals surface area (Å²) in [7, 11) is 0. The number of ether oxygens (including phenoxy) is 12. The van der Waals surface area contributed by atoms with E-state index in [0.717, 1.165) is 125 Å². The molecular formula is C56H82O16. The van der Waals surface area contributed by atoms with Gasteiger partial charge < -0.3 is 77.3 Å². The van der Waals surface area contributed by atoms with Gasteiger partial charge in [-0.3, -0.25) is 0 Å². The van der Waals surface area contributed by atoms with Crippen molar-refractivity contribution in [1.82, 2.24) is 0 Å². The van der Waals surface area contributed by atoms with Gasteiger partial charge in [0.1, 0.15) is 86.0 Å². The predicted octanol–water partition coefficient (Wildman–Crippen LogP) is 7.23. The molecule has 6 unspecified atom stereocenters. The second-order valence-corrected chi connectivity index (χ2v) is 18.8. The summed E-state index contributed by atoms with van der Waals surface area (Å²) in [6.07, 6.45) is 9.71. The molecule has 6 atom stereocenters. The Morgan fingerprint density at radius 1 is 0.333 bits per heavy atom. The summed E-state index contributed by atoms with van der Waals surface area (Å²) in [5, 5.41) is 45.4. The Kier molecular flexibility index (Phi) is 27.6. The summed E-state index contributed by atoms with van der Waals surface area (Å²) in [5.74, 6) is 2.63. The number of hydrogen-bond donors (Lipinski definition) is 4. The lowest BCUT2D eigenvalue weighted by Crippen LogP contribution is -2.24. The lowest BCUT2D eigenvalue weighted by Gasteiger charge is -2.15. The molecule has 0 saturated carbocycles. The normalized spacial score (nSPS) is 16.9. The molecule has 16 heteroatoms. The smallest absolute Gasteiger partial charge is 0.120 e. The molecule has 16 nitrogen and oxygen atoms in total. The molecule has 0 amide bonds. The van der Waals surface area contributed by atoms with Crippen LogP contribution in [0.4, 0.5) is 0 Å². The first-order chi connectivity index (χ1) is 35.4. The van der Waals surface area contributed by atoms with Crippen LogP contribution in [0, 0.1) is 0 Å². The maximum absolute atomic E-state index is 10.4. The summed E-state index contributed by atoms with van der Waals surface area (Å²) < 4.78 is 67.4. The molecular weight excluding hydrogens is 929 g/mol. The monoisotopic (exact) mass is 1010 g/mol. The zero-order valence-electron chi connectivity index (χ0n) is 42.3. The van der Waals surface area contributed by atoms with Gasteiger partial charge in [-0.2, -0.15) is 0 Å². The van der Waals surface area contributed by atoms with E-state index >= 15 is 0 Å². The zero-order chi connectivity index (χ0) is 50.3. The molecule has 4 aromatic rings. The molecule has 72 heavy (non-hydrogen) atoms. The number of unbranched alkanes of at least 4 members (excludes halogenated alkanes) is 9. The molecule has 2 fully saturated rings. The fourth-order valence-corrected chi connectivity index (χ4v) is 7.65. The molecule has 6 rings (SSSR count). The largest absolute Gasteiger partial charge is 0.491 e. The fourth-order valence-electron chi connectivity index (χ4n) is 7.65. The van der Waals surface area contributed by atoms with Crippen LogP contribution in [0.15, 0.2) is 72.8 Å². The molecule has 0 radical (unpaired) electrons. The zero-order valence-corrected chi connectivity index (χ0v) is 42.3. The Bertz CT molecular complexity index is 1890. The van der Waals surface area contributed by atoms with E-state index in [2.05, 4.69) is 0 Å². The van der Waals surface area contributed by atoms with Gasteiger partial charge in [-0.1, -0.05) is 62.8 Å². The minimum atomic E-state index is -0.754. The van der Waals surface area contributed by atoms with Crippen LogP contribution in [0.5, 0.6) is 23.0 Å². The number of fused-ring (bicyclic) bond motifs is 2. The Balaban J connectivity index is 0.701. The molecule has 4 aromatic carbocycles. The van der Waals surface area contributed by atoms with Crippen molar-refractivity contribution >= 4 is 21.5 Å². The second-order valence-electron chi connectivity index (χ2n) is 18.8. The van der Waals surface area contributed by atoms with Crippen LogP contribution in [0.2, 0.25) is 0 Å². The maximum Gasteiger partial charge on any atom is 0.120 e. The van der Waals surface area contributed by atoms with E-state index in [9.17, 15) is 20.4 Å². The van der Waals surface area contributed by atoms with Gasteiger partial charge in [0.25, 0.3) is 0 Å². The third kappa shape index (κ3) is 25.4. The van der Waals surface area contributed by atoms with Gasteiger partial charge in [0, 0.05) is 39.6 Å². The Morgan fingerprint density at radius 3 is 0.806 bits per heavy atom. The van der Waals surface area contributed by atoms with Crippen LogP contribution in [0.1, 0.15) is 77.0 Å². The number of rotatable bonds is 45. The average Bonchev–Trinajstić information content (AvgIpc) is 4.35. The van der Waals surface area contributed by atoms with E-state index < -0.39 is 24.4 Å². The van der Waals surface area contributed by atoms with E-state index in [4.69, 9.17) is 56.8 Å². The molecule has 0 bridgehead atoms. The topological polar surface area (TPSA) is 198 Å². The molecule has 0 spiro atoms. The van der Waals surface area contributed by atoms with Crippen LogP contribution >= 0.6 is 0 Å². The third-order valence-corrected chi connectivity index (χ3v) is 12.0. The van der Waals surface area contributed by atoms with Crippen molar-refractivity contribution in [3.05, 3.63) is 72.8 Å². The van der Waals surface area contributed by atoms with Gasteiger partial charge in [-0.15, -0.1) is 0 Å². The van der Waals surface area contributed by atoms with E-state index in [1.807, 2.05) is 72.8 Å². The summed E-state index contributed by atoms with van der Waals surface area (Å²) in [6, 6.07) is 22.9. The van der Waals surface area contributed by atoms with Crippen molar-refractivity contribution in [1.29, 1.82) is 0 Å². The van der Waals surface area contributed by atoms with Crippen molar-refractivity contribution in [3.8, 4) is 23.0 Å². The molecule has 2 aliphatic heterocycles. The quantitative estimate of drug-likeness (QED) is 0.0255. The van der Waals surface area contributed by atoms with Crippen molar-refractivity contribution in [2.45, 2.75) is 114 Å². The molecule has 4 N–H and O–H groups in total. The SMILES string of the molecule is OC(COCCCCCCOCC(O)COc1ccc2cc(OCC(O)COCCCCCCOCC3CO3)ccc2c1)COc1ccc2cc(OCC(O)COCCCCCCOCC3CO3)ccc2c1. The average molecular weight is 1010 g/mol. The molecule has 2 aliphatic rings. The van der Waals surface area contributed by atoms with Crippen LogP contribution in [0.25, 0.3) is 21.5 Å². The summed E-state index contributed by atoms with van der Waals surface area (Å²) in [5.41, 5.74) is 0. The molecule has 2 heterocycles. The Hall–Kier alpha value is -3.88. The predicted molar refractivity (Wildman–Crippen MR) is 274 cm³/mol. The lowest BCUT2D eigenvalue weighted by molar-refractivity contribution is 0.00826. The van der Waals surface area contributed by atoms with Crippen LogP contribution < -0.4 is 18.9 Å². The highest BCUT2D eigenvalue weighted by atomic mass is 16.6. The fraction of sp³-hybridized carbons (Fsp3) is 0.643. The number of epoxide rings is 2. The highest BCUT2D eigenvalue weighted by Crippen LogP contribution is 2.27. The van der Waals surface area contributed by atoms with Crippen molar-refractivity contribution in [2.75, 3.05) is 119 Å². The molecule has 0 aliphatic carbocycles. The third-order valence-electron chi connectivity index (χ3n) is 12.0. The summed E-state index contributed by atoms with van der Waals surface area (Å²) >= 11 is 0. The second kappa shape index (κ2) is 34.6. The van der Waals surface area contributed by atoms with Crippen molar-refractivity contribution < 1.29 is 77.3 Å². The number of benzene rings is 4. The van der Waals surface area contributed by atoms with Crippen LogP contribution in [0.3, 0.4) is 0 Å². The Labute approximate surface area is 426 Å². The van der Waals surface area contributed by atoms with Crippen LogP contribution in [-0.4, -0.2) is 176 Å². The number of aliphatic hydroxyl groups is 4. The first-order valence-electron chi connectivity index (χ1n) is 26.4. The van der Waals surface area contributed by atoms with E-state index in [0.29, 0.717) is 74.8 Å². The highest BCUT2D eigenvalue weighted by Gasteiger charge is 2.22. The first kappa shape index (κ1) is 57.4. The molecule has 0 aromatic heterocycles. The van der Waals surface area contributed by atoms with E-state index in [-0.39, 0.29) is 52.9 Å². The molecule has 402 valence electrons. The van der Waals surface area contributed by atoms with Gasteiger partial charge in [0.05, 0.1) is 52.9 Å². The van der Waals surface area contributed by atoms with Crippen molar-refractivity contribution in [3.63, 3.8) is 0 Å². The highest BCUT2D eigenvalue weighted by molar-refractivity contribution is 5.86. The van der Waals surface area contributed by atoms with Crippen molar-refractivity contribution in [2.24, 2.45) is 0 Å². The van der Waals surface area contributed by atoms with Gasteiger partial charge in [0.2, 0.25) is 0 Å². The first-order valence-corrected chi connectivity index (χ1v) is 26.4. The standard InChI is InChI=1S/C56H82O16/c57-47(35-67-51-17-13-45-29-53(19-15-43(45)27-51)69-37-49(59)33-63-23-9-3-5-11-25-65-39-55-41-71-55)31-61-21-7-1-2-8-22-62-32-48(58)36-68-52-18-14-46-30-54(20-16-44(46)28-52)70-38-50(60)34-64-24-10-4-6-12-26-66-40-56-42-72-56/h13-20,27-30,47-50,55-60H,1-12,21-26,31-42H2. The lowest BCUT2D eigenvalue weighted by atomic mass is 10.1. The summed E-state index contributed by atoms with van der Waals surface area (Å²) in [4.78, 5) is 0. The minimum Gasteiger partial charge on any atom is -0.491 e. The Morgan fingerprint density at radius 2 is 0.569 bits per heavy atom. The van der Waals surface area contributed by atoms with Gasteiger partial charge in [-0.25, -0.2) is 0 Å².